The molecular weight excluding hydrogens is 613 g/mol. The lowest BCUT2D eigenvalue weighted by Gasteiger charge is -2.42. The van der Waals surface area contributed by atoms with Gasteiger partial charge in [0.2, 0.25) is 0 Å². The number of nitro benzene ring substituents is 1. The molecule has 2 aliphatic heterocycles. The maximum atomic E-state index is 15.7. The quantitative estimate of drug-likeness (QED) is 0.135. The molecule has 0 saturated carbocycles. The second kappa shape index (κ2) is 14.5. The van der Waals surface area contributed by atoms with Crippen molar-refractivity contribution in [3.8, 4) is 0 Å². The fourth-order valence-corrected chi connectivity index (χ4v) is 6.43. The van der Waals surface area contributed by atoms with Gasteiger partial charge in [0.15, 0.2) is 0 Å². The van der Waals surface area contributed by atoms with Crippen molar-refractivity contribution in [3.63, 3.8) is 0 Å². The highest BCUT2D eigenvalue weighted by atomic mass is 35.5. The molecule has 0 aliphatic carbocycles. The van der Waals surface area contributed by atoms with Crippen LogP contribution in [0.2, 0.25) is 5.15 Å². The van der Waals surface area contributed by atoms with Crippen molar-refractivity contribution in [2.24, 2.45) is 5.41 Å². The fraction of sp³-hybridized carbons (Fsp3) is 0.441. The Bertz CT molecular complexity index is 1540. The molecule has 3 aromatic rings. The first-order chi connectivity index (χ1) is 22.0. The third-order valence-electron chi connectivity index (χ3n) is 9.23. The molecule has 0 spiro atoms. The minimum absolute atomic E-state index is 0.0251. The van der Waals surface area contributed by atoms with Gasteiger partial charge in [-0.25, -0.2) is 14.2 Å². The van der Waals surface area contributed by atoms with Gasteiger partial charge in [0.05, 0.1) is 16.2 Å². The smallest absolute Gasteiger partial charge is 0.410 e. The van der Waals surface area contributed by atoms with Gasteiger partial charge in [0.1, 0.15) is 23.2 Å². The molecule has 2 amide bonds. The summed E-state index contributed by atoms with van der Waals surface area (Å²) >= 11 is 5.96. The van der Waals surface area contributed by atoms with Crippen molar-refractivity contribution in [1.82, 2.24) is 9.88 Å². The molecular formula is C34H39ClFN5O5. The maximum absolute atomic E-state index is 15.7. The predicted octanol–water partition coefficient (Wildman–Crippen LogP) is 7.81. The summed E-state index contributed by atoms with van der Waals surface area (Å²) < 4.78 is 21.1. The Morgan fingerprint density at radius 2 is 1.72 bits per heavy atom. The summed E-state index contributed by atoms with van der Waals surface area (Å²) in [5.74, 6) is -0.149. The molecule has 2 aromatic carbocycles. The number of piperidine rings is 2. The number of ether oxygens (including phenoxy) is 1. The highest BCUT2D eigenvalue weighted by Gasteiger charge is 2.38. The van der Waals surface area contributed by atoms with E-state index in [1.54, 1.807) is 23.1 Å². The van der Waals surface area contributed by atoms with E-state index < -0.39 is 22.6 Å². The Labute approximate surface area is 273 Å². The van der Waals surface area contributed by atoms with Gasteiger partial charge in [-0.05, 0) is 74.1 Å². The number of aromatic nitrogens is 1. The van der Waals surface area contributed by atoms with Crippen LogP contribution in [0.15, 0.2) is 66.7 Å². The molecule has 10 nitrogen and oxygen atoms in total. The molecule has 244 valence electrons. The van der Waals surface area contributed by atoms with E-state index in [-0.39, 0.29) is 28.7 Å². The summed E-state index contributed by atoms with van der Waals surface area (Å²) in [6.45, 7) is 4.28. The number of non-ortho nitro benzene ring substituents is 1. The summed E-state index contributed by atoms with van der Waals surface area (Å²) in [7, 11) is 0. The molecule has 0 atom stereocenters. The number of rotatable bonds is 10. The van der Waals surface area contributed by atoms with Gasteiger partial charge in [-0.2, -0.15) is 0 Å². The zero-order chi connectivity index (χ0) is 32.7. The van der Waals surface area contributed by atoms with E-state index >= 15 is 4.39 Å². The van der Waals surface area contributed by atoms with Crippen LogP contribution in [0.25, 0.3) is 0 Å². The summed E-state index contributed by atoms with van der Waals surface area (Å²) in [4.78, 5) is 44.5. The minimum atomic E-state index is -1.31. The Balaban J connectivity index is 1.12. The Morgan fingerprint density at radius 1 is 1.00 bits per heavy atom. The third-order valence-corrected chi connectivity index (χ3v) is 9.44. The van der Waals surface area contributed by atoms with Gasteiger partial charge in [-0.3, -0.25) is 14.9 Å². The van der Waals surface area contributed by atoms with Crippen molar-refractivity contribution in [2.45, 2.75) is 64.1 Å². The topological polar surface area (TPSA) is 118 Å². The number of carbonyl (C=O) groups excluding carboxylic acids is 2. The molecule has 0 unspecified atom stereocenters. The van der Waals surface area contributed by atoms with Crippen LogP contribution in [0.4, 0.5) is 26.4 Å². The second-order valence-electron chi connectivity index (χ2n) is 12.6. The Hall–Kier alpha value is -4.25. The number of nitrogens with zero attached hydrogens (tertiary/aromatic N) is 4. The summed E-state index contributed by atoms with van der Waals surface area (Å²) in [6.07, 6.45) is 3.78. The zero-order valence-corrected chi connectivity index (χ0v) is 26.7. The van der Waals surface area contributed by atoms with Crippen LogP contribution >= 0.6 is 11.6 Å². The normalized spacial score (nSPS) is 17.3. The Morgan fingerprint density at radius 3 is 2.39 bits per heavy atom. The fourth-order valence-electron chi connectivity index (χ4n) is 6.27. The summed E-state index contributed by atoms with van der Waals surface area (Å²) in [6, 6.07) is 18.6. The molecule has 1 aromatic heterocycles. The lowest BCUT2D eigenvalue weighted by Crippen LogP contribution is -2.45. The van der Waals surface area contributed by atoms with Crippen LogP contribution in [0.5, 0.6) is 0 Å². The first-order valence-electron chi connectivity index (χ1n) is 15.6. The number of alkyl halides is 1. The van der Waals surface area contributed by atoms with E-state index in [1.165, 1.54) is 18.2 Å². The molecule has 0 bridgehead atoms. The zero-order valence-electron chi connectivity index (χ0n) is 25.9. The SMILES string of the molecule is CC1(CCCC2(F)CCN(C(=O)OCc3ccccc3)CC2)CCN(c2cc([N+](=O)[O-])ccc2C(=O)Nc2cccc(Cl)n2)CC1. The third kappa shape index (κ3) is 8.51. The second-order valence-corrected chi connectivity index (χ2v) is 13.0. The Kier molecular flexibility index (Phi) is 10.4. The number of amides is 2. The van der Waals surface area contributed by atoms with E-state index in [9.17, 15) is 19.7 Å². The van der Waals surface area contributed by atoms with Gasteiger partial charge in [-0.15, -0.1) is 0 Å². The van der Waals surface area contributed by atoms with Gasteiger partial charge < -0.3 is 19.9 Å². The molecule has 5 rings (SSSR count). The maximum Gasteiger partial charge on any atom is 0.410 e. The van der Waals surface area contributed by atoms with Gasteiger partial charge >= 0.3 is 6.09 Å². The molecule has 0 radical (unpaired) electrons. The average Bonchev–Trinajstić information content (AvgIpc) is 3.04. The molecule has 2 saturated heterocycles. The monoisotopic (exact) mass is 651 g/mol. The predicted molar refractivity (Wildman–Crippen MR) is 175 cm³/mol. The number of nitro groups is 1. The van der Waals surface area contributed by atoms with Crippen LogP contribution in [0, 0.1) is 15.5 Å². The minimum Gasteiger partial charge on any atom is -0.445 e. The van der Waals surface area contributed by atoms with Crippen LogP contribution < -0.4 is 10.2 Å². The number of likely N-dealkylation sites (tertiary alicyclic amines) is 1. The number of halogens is 2. The van der Waals surface area contributed by atoms with E-state index in [4.69, 9.17) is 16.3 Å². The molecule has 3 heterocycles. The molecule has 46 heavy (non-hydrogen) atoms. The van der Waals surface area contributed by atoms with Gasteiger partial charge in [-0.1, -0.05) is 54.9 Å². The van der Waals surface area contributed by atoms with E-state index in [1.807, 2.05) is 35.2 Å². The molecule has 2 fully saturated rings. The van der Waals surface area contributed by atoms with Crippen LogP contribution in [-0.2, 0) is 11.3 Å². The van der Waals surface area contributed by atoms with E-state index in [0.717, 1.165) is 31.2 Å². The van der Waals surface area contributed by atoms with Crippen LogP contribution in [0.3, 0.4) is 0 Å². The number of hydrogen-bond donors (Lipinski definition) is 1. The highest BCUT2D eigenvalue weighted by Crippen LogP contribution is 2.41. The van der Waals surface area contributed by atoms with Crippen molar-refractivity contribution in [2.75, 3.05) is 36.4 Å². The lowest BCUT2D eigenvalue weighted by atomic mass is 9.75. The first-order valence-corrected chi connectivity index (χ1v) is 16.0. The van der Waals surface area contributed by atoms with Crippen molar-refractivity contribution < 1.29 is 23.6 Å². The standard InChI is InChI=1S/C34H39ClFN5O5/c1-33(13-6-14-34(36)17-21-40(22-18-34)32(43)46-24-25-7-3-2-4-8-25)15-19-39(20-16-33)28-23-26(41(44)45)11-12-27(28)31(42)38-30-10-5-9-29(35)37-30/h2-5,7-12,23H,6,13-22,24H2,1H3,(H,37,38,42). The number of carbonyl (C=O) groups is 2. The number of benzene rings is 2. The lowest BCUT2D eigenvalue weighted by molar-refractivity contribution is -0.384. The molecule has 2 aliphatic rings. The van der Waals surface area contributed by atoms with Crippen molar-refractivity contribution >= 4 is 40.8 Å². The van der Waals surface area contributed by atoms with Gasteiger partial charge in [0.25, 0.3) is 11.6 Å². The largest absolute Gasteiger partial charge is 0.445 e. The molecule has 1 N–H and O–H groups in total. The highest BCUT2D eigenvalue weighted by molar-refractivity contribution is 6.29. The number of nitrogens with one attached hydrogen (secondary N) is 1. The van der Waals surface area contributed by atoms with Crippen LogP contribution in [0.1, 0.15) is 67.8 Å². The number of hydrogen-bond acceptors (Lipinski definition) is 7. The number of pyridine rings is 1. The van der Waals surface area contributed by atoms with Crippen LogP contribution in [-0.4, -0.2) is 58.7 Å². The summed E-state index contributed by atoms with van der Waals surface area (Å²) in [5, 5.41) is 14.5. The summed E-state index contributed by atoms with van der Waals surface area (Å²) in [5.41, 5.74) is 0.288. The van der Waals surface area contributed by atoms with E-state index in [0.29, 0.717) is 56.7 Å². The van der Waals surface area contributed by atoms with Gasteiger partial charge in [0, 0.05) is 38.3 Å². The van der Waals surface area contributed by atoms with E-state index in [2.05, 4.69) is 17.2 Å². The van der Waals surface area contributed by atoms with Crippen molar-refractivity contribution in [1.29, 1.82) is 0 Å². The molecule has 12 heteroatoms. The first kappa shape index (κ1) is 33.1. The van der Waals surface area contributed by atoms with Crippen molar-refractivity contribution in [3.05, 3.63) is 93.1 Å². The number of anilines is 2. The average molecular weight is 652 g/mol.